The summed E-state index contributed by atoms with van der Waals surface area (Å²) in [6.45, 7) is 7.81. The minimum Gasteiger partial charge on any atom is -0.383 e. The van der Waals surface area contributed by atoms with E-state index in [2.05, 4.69) is 10.0 Å². The molecular weight excluding hydrogens is 288 g/mol. The van der Waals surface area contributed by atoms with Gasteiger partial charge < -0.3 is 10.1 Å². The minimum absolute atomic E-state index is 0.157. The molecule has 0 aliphatic rings. The average molecular weight is 314 g/mol. The Hall–Kier alpha value is -0.950. The molecule has 0 aromatic heterocycles. The van der Waals surface area contributed by atoms with E-state index in [1.807, 2.05) is 26.8 Å². The molecule has 6 heteroatoms. The summed E-state index contributed by atoms with van der Waals surface area (Å²) in [5.41, 5.74) is 0.951. The summed E-state index contributed by atoms with van der Waals surface area (Å²) in [7, 11) is -1.96. The highest BCUT2D eigenvalue weighted by Crippen LogP contribution is 2.14. The molecule has 2 N–H and O–H groups in total. The molecule has 0 aliphatic carbocycles. The van der Waals surface area contributed by atoms with Crippen molar-refractivity contribution in [3.8, 4) is 0 Å². The van der Waals surface area contributed by atoms with Crippen LogP contribution in [0.25, 0.3) is 0 Å². The van der Waals surface area contributed by atoms with Gasteiger partial charge in [0.1, 0.15) is 0 Å². The zero-order valence-electron chi connectivity index (χ0n) is 13.2. The van der Waals surface area contributed by atoms with Gasteiger partial charge in [-0.25, -0.2) is 13.1 Å². The Balaban J connectivity index is 2.91. The van der Waals surface area contributed by atoms with Crippen molar-refractivity contribution >= 4 is 10.0 Å². The van der Waals surface area contributed by atoms with Crippen molar-refractivity contribution in [2.24, 2.45) is 5.92 Å². The van der Waals surface area contributed by atoms with Crippen LogP contribution < -0.4 is 10.0 Å². The van der Waals surface area contributed by atoms with Crippen molar-refractivity contribution in [1.82, 2.24) is 10.0 Å². The SMILES string of the molecule is CCNCc1cccc(S(=O)(=O)NC(COC)C(C)C)c1. The van der Waals surface area contributed by atoms with Crippen molar-refractivity contribution in [2.45, 2.75) is 38.3 Å². The second kappa shape index (κ2) is 8.48. The average Bonchev–Trinajstić information content (AvgIpc) is 2.44. The van der Waals surface area contributed by atoms with Crippen LogP contribution in [0, 0.1) is 5.92 Å². The maximum atomic E-state index is 12.5. The van der Waals surface area contributed by atoms with E-state index in [9.17, 15) is 8.42 Å². The molecule has 0 heterocycles. The zero-order chi connectivity index (χ0) is 15.9. The van der Waals surface area contributed by atoms with Gasteiger partial charge in [0.05, 0.1) is 11.5 Å². The van der Waals surface area contributed by atoms with Gasteiger partial charge in [-0.2, -0.15) is 0 Å². The standard InChI is InChI=1S/C15H26N2O3S/c1-5-16-10-13-7-6-8-14(9-13)21(18,19)17-15(11-20-4)12(2)3/h6-9,12,15-17H,5,10-11H2,1-4H3. The zero-order valence-corrected chi connectivity index (χ0v) is 14.0. The first-order valence-corrected chi connectivity index (χ1v) is 8.70. The number of rotatable bonds is 9. The summed E-state index contributed by atoms with van der Waals surface area (Å²) in [5, 5.41) is 3.19. The van der Waals surface area contributed by atoms with E-state index in [1.165, 1.54) is 0 Å². The van der Waals surface area contributed by atoms with Gasteiger partial charge in [-0.15, -0.1) is 0 Å². The lowest BCUT2D eigenvalue weighted by atomic mass is 10.1. The molecule has 0 fully saturated rings. The van der Waals surface area contributed by atoms with Crippen LogP contribution in [0.2, 0.25) is 0 Å². The maximum absolute atomic E-state index is 12.5. The summed E-state index contributed by atoms with van der Waals surface area (Å²) in [5.74, 6) is 0.157. The number of hydrogen-bond acceptors (Lipinski definition) is 4. The number of sulfonamides is 1. The van der Waals surface area contributed by atoms with Crippen molar-refractivity contribution < 1.29 is 13.2 Å². The van der Waals surface area contributed by atoms with Gasteiger partial charge in [0.2, 0.25) is 10.0 Å². The summed E-state index contributed by atoms with van der Waals surface area (Å²) < 4.78 is 32.7. The lowest BCUT2D eigenvalue weighted by molar-refractivity contribution is 0.157. The molecule has 5 nitrogen and oxygen atoms in total. The summed E-state index contributed by atoms with van der Waals surface area (Å²) in [6.07, 6.45) is 0. The predicted molar refractivity (Wildman–Crippen MR) is 84.6 cm³/mol. The molecule has 0 bridgehead atoms. The molecule has 0 amide bonds. The highest BCUT2D eigenvalue weighted by atomic mass is 32.2. The largest absolute Gasteiger partial charge is 0.383 e. The molecule has 0 saturated carbocycles. The molecule has 0 saturated heterocycles. The van der Waals surface area contributed by atoms with E-state index >= 15 is 0 Å². The Morgan fingerprint density at radius 3 is 2.57 bits per heavy atom. The van der Waals surface area contributed by atoms with Crippen LogP contribution in [0.15, 0.2) is 29.2 Å². The van der Waals surface area contributed by atoms with Gasteiger partial charge in [0, 0.05) is 19.7 Å². The Labute approximate surface area is 128 Å². The van der Waals surface area contributed by atoms with E-state index in [0.29, 0.717) is 18.0 Å². The highest BCUT2D eigenvalue weighted by molar-refractivity contribution is 7.89. The Morgan fingerprint density at radius 1 is 1.29 bits per heavy atom. The fourth-order valence-electron chi connectivity index (χ4n) is 1.90. The Morgan fingerprint density at radius 2 is 2.00 bits per heavy atom. The predicted octanol–water partition coefficient (Wildman–Crippen LogP) is 1.75. The molecule has 1 aromatic rings. The van der Waals surface area contributed by atoms with E-state index in [-0.39, 0.29) is 12.0 Å². The lowest BCUT2D eigenvalue weighted by Crippen LogP contribution is -2.41. The third-order valence-corrected chi connectivity index (χ3v) is 4.73. The van der Waals surface area contributed by atoms with Crippen LogP contribution in [0.3, 0.4) is 0 Å². The molecule has 21 heavy (non-hydrogen) atoms. The quantitative estimate of drug-likeness (QED) is 0.729. The molecule has 0 radical (unpaired) electrons. The smallest absolute Gasteiger partial charge is 0.240 e. The van der Waals surface area contributed by atoms with Crippen molar-refractivity contribution in [2.75, 3.05) is 20.3 Å². The van der Waals surface area contributed by atoms with Crippen LogP contribution in [0.4, 0.5) is 0 Å². The third-order valence-electron chi connectivity index (χ3n) is 3.25. The van der Waals surface area contributed by atoms with Crippen LogP contribution >= 0.6 is 0 Å². The molecule has 0 aliphatic heterocycles. The molecular formula is C15H26N2O3S. The normalized spacial score (nSPS) is 13.6. The van der Waals surface area contributed by atoms with Crippen molar-refractivity contribution in [1.29, 1.82) is 0 Å². The first-order valence-electron chi connectivity index (χ1n) is 7.21. The summed E-state index contributed by atoms with van der Waals surface area (Å²) in [6, 6.07) is 6.76. The molecule has 120 valence electrons. The topological polar surface area (TPSA) is 67.4 Å². The Bertz CT molecular complexity index is 529. The van der Waals surface area contributed by atoms with Crippen LogP contribution in [-0.4, -0.2) is 34.7 Å². The minimum atomic E-state index is -3.53. The number of ether oxygens (including phenoxy) is 1. The van der Waals surface area contributed by atoms with Gasteiger partial charge in [-0.05, 0) is 30.2 Å². The molecule has 1 unspecified atom stereocenters. The number of benzene rings is 1. The number of hydrogen-bond donors (Lipinski definition) is 2. The second-order valence-electron chi connectivity index (χ2n) is 5.35. The number of nitrogens with one attached hydrogen (secondary N) is 2. The monoisotopic (exact) mass is 314 g/mol. The molecule has 1 atom stereocenters. The van der Waals surface area contributed by atoms with Crippen LogP contribution in [-0.2, 0) is 21.3 Å². The van der Waals surface area contributed by atoms with Crippen LogP contribution in [0.1, 0.15) is 26.3 Å². The molecule has 1 rings (SSSR count). The van der Waals surface area contributed by atoms with E-state index in [1.54, 1.807) is 25.3 Å². The Kier molecular flexibility index (Phi) is 7.31. The van der Waals surface area contributed by atoms with Gasteiger partial charge in [-0.3, -0.25) is 0 Å². The van der Waals surface area contributed by atoms with Crippen LogP contribution in [0.5, 0.6) is 0 Å². The van der Waals surface area contributed by atoms with Crippen molar-refractivity contribution in [3.63, 3.8) is 0 Å². The maximum Gasteiger partial charge on any atom is 0.240 e. The number of methoxy groups -OCH3 is 1. The molecule has 0 spiro atoms. The first-order chi connectivity index (χ1) is 9.90. The highest BCUT2D eigenvalue weighted by Gasteiger charge is 2.22. The summed E-state index contributed by atoms with van der Waals surface area (Å²) in [4.78, 5) is 0.291. The van der Waals surface area contributed by atoms with E-state index in [4.69, 9.17) is 4.74 Å². The van der Waals surface area contributed by atoms with Crippen molar-refractivity contribution in [3.05, 3.63) is 29.8 Å². The second-order valence-corrected chi connectivity index (χ2v) is 7.07. The van der Waals surface area contributed by atoms with Gasteiger partial charge in [-0.1, -0.05) is 32.9 Å². The first kappa shape index (κ1) is 18.1. The van der Waals surface area contributed by atoms with E-state index < -0.39 is 10.0 Å². The lowest BCUT2D eigenvalue weighted by Gasteiger charge is -2.21. The molecule has 1 aromatic carbocycles. The fraction of sp³-hybridized carbons (Fsp3) is 0.600. The van der Waals surface area contributed by atoms with Gasteiger partial charge >= 0.3 is 0 Å². The van der Waals surface area contributed by atoms with Gasteiger partial charge in [0.25, 0.3) is 0 Å². The summed E-state index contributed by atoms with van der Waals surface area (Å²) >= 11 is 0. The van der Waals surface area contributed by atoms with E-state index in [0.717, 1.165) is 12.1 Å². The van der Waals surface area contributed by atoms with Gasteiger partial charge in [0.15, 0.2) is 0 Å². The third kappa shape index (κ3) is 5.74. The fourth-order valence-corrected chi connectivity index (χ4v) is 3.34.